The highest BCUT2D eigenvalue weighted by molar-refractivity contribution is 7.80. The first-order valence-corrected chi connectivity index (χ1v) is 10.5. The van der Waals surface area contributed by atoms with E-state index in [1.165, 1.54) is 22.5 Å². The number of rotatable bonds is 7. The zero-order valence-corrected chi connectivity index (χ0v) is 18.4. The van der Waals surface area contributed by atoms with Crippen LogP contribution in [0, 0.1) is 13.8 Å². The van der Waals surface area contributed by atoms with Crippen LogP contribution in [-0.2, 0) is 11.3 Å². The molecule has 0 spiro atoms. The third-order valence-corrected chi connectivity index (χ3v) is 6.11. The van der Waals surface area contributed by atoms with Gasteiger partial charge in [0, 0.05) is 50.2 Å². The van der Waals surface area contributed by atoms with Crippen molar-refractivity contribution in [1.82, 2.24) is 24.8 Å². The summed E-state index contributed by atoms with van der Waals surface area (Å²) in [6.45, 7) is 6.51. The van der Waals surface area contributed by atoms with Gasteiger partial charge in [0.2, 0.25) is 0 Å². The van der Waals surface area contributed by atoms with Crippen molar-refractivity contribution in [3.63, 3.8) is 0 Å². The van der Waals surface area contributed by atoms with Gasteiger partial charge in [-0.2, -0.15) is 0 Å². The Morgan fingerprint density at radius 2 is 1.93 bits per heavy atom. The molecule has 0 aliphatic carbocycles. The van der Waals surface area contributed by atoms with Crippen LogP contribution in [0.4, 0.5) is 0 Å². The van der Waals surface area contributed by atoms with Gasteiger partial charge in [-0.15, -0.1) is 0 Å². The first-order valence-electron chi connectivity index (χ1n) is 10.1. The topological polar surface area (TPSA) is 55.2 Å². The Hall–Kier alpha value is -2.77. The van der Waals surface area contributed by atoms with Crippen LogP contribution in [0.15, 0.2) is 55.0 Å². The lowest BCUT2D eigenvalue weighted by atomic mass is 9.97. The number of thiocarbonyl (C=S) groups is 1. The molecule has 1 fully saturated rings. The highest BCUT2D eigenvalue weighted by Crippen LogP contribution is 2.40. The molecule has 0 amide bonds. The first-order chi connectivity index (χ1) is 14.6. The van der Waals surface area contributed by atoms with Gasteiger partial charge in [0.1, 0.15) is 0 Å². The molecule has 1 N–H and O–H groups in total. The van der Waals surface area contributed by atoms with E-state index in [1.807, 2.05) is 30.7 Å². The molecule has 0 saturated carbocycles. The molecule has 1 aliphatic rings. The van der Waals surface area contributed by atoms with Crippen molar-refractivity contribution in [3.8, 4) is 0 Å². The maximum atomic E-state index is 5.71. The molecule has 3 aromatic heterocycles. The third kappa shape index (κ3) is 3.95. The van der Waals surface area contributed by atoms with Crippen LogP contribution in [0.5, 0.6) is 0 Å². The molecule has 7 heteroatoms. The van der Waals surface area contributed by atoms with Crippen molar-refractivity contribution >= 4 is 17.3 Å². The smallest absolute Gasteiger partial charge is 0.170 e. The SMILES string of the molecule is COCCN1C(=S)NC(c2ccccn2)C1c1cc(C)n(Cc2ccncc2)c1C. The average molecular weight is 422 g/mol. The summed E-state index contributed by atoms with van der Waals surface area (Å²) in [7, 11) is 1.72. The molecule has 0 radical (unpaired) electrons. The fraction of sp³-hybridized carbons (Fsp3) is 0.348. The van der Waals surface area contributed by atoms with Crippen LogP contribution in [0.1, 0.15) is 40.3 Å². The second kappa shape index (κ2) is 8.93. The summed E-state index contributed by atoms with van der Waals surface area (Å²) in [6, 6.07) is 12.5. The number of aromatic nitrogens is 3. The molecule has 156 valence electrons. The van der Waals surface area contributed by atoms with E-state index < -0.39 is 0 Å². The number of methoxy groups -OCH3 is 1. The van der Waals surface area contributed by atoms with Crippen molar-refractivity contribution in [3.05, 3.63) is 83.2 Å². The number of ether oxygens (including phenoxy) is 1. The summed E-state index contributed by atoms with van der Waals surface area (Å²) >= 11 is 5.71. The Morgan fingerprint density at radius 3 is 2.63 bits per heavy atom. The molecule has 4 heterocycles. The molecule has 0 aromatic carbocycles. The molecule has 2 unspecified atom stereocenters. The first kappa shape index (κ1) is 20.5. The van der Waals surface area contributed by atoms with E-state index in [0.717, 1.165) is 23.9 Å². The van der Waals surface area contributed by atoms with Crippen LogP contribution in [0.3, 0.4) is 0 Å². The normalized spacial score (nSPS) is 18.6. The molecule has 1 aliphatic heterocycles. The quantitative estimate of drug-likeness (QED) is 0.589. The monoisotopic (exact) mass is 421 g/mol. The Morgan fingerprint density at radius 1 is 1.13 bits per heavy atom. The minimum Gasteiger partial charge on any atom is -0.383 e. The molecular formula is C23H27N5OS. The number of aryl methyl sites for hydroxylation is 1. The van der Waals surface area contributed by atoms with Crippen molar-refractivity contribution < 1.29 is 4.74 Å². The molecule has 0 bridgehead atoms. The van der Waals surface area contributed by atoms with Gasteiger partial charge >= 0.3 is 0 Å². The van der Waals surface area contributed by atoms with Crippen molar-refractivity contribution in [1.29, 1.82) is 0 Å². The van der Waals surface area contributed by atoms with Crippen LogP contribution in [-0.4, -0.2) is 44.8 Å². The minimum absolute atomic E-state index is 0.00886. The highest BCUT2D eigenvalue weighted by Gasteiger charge is 2.41. The van der Waals surface area contributed by atoms with Gasteiger partial charge in [-0.3, -0.25) is 9.97 Å². The van der Waals surface area contributed by atoms with E-state index in [4.69, 9.17) is 17.0 Å². The zero-order valence-electron chi connectivity index (χ0n) is 17.6. The number of pyridine rings is 2. The Bertz CT molecular complexity index is 1010. The van der Waals surface area contributed by atoms with E-state index in [1.54, 1.807) is 7.11 Å². The summed E-state index contributed by atoms with van der Waals surface area (Å²) in [5.41, 5.74) is 5.95. The van der Waals surface area contributed by atoms with Crippen molar-refractivity contribution in [2.24, 2.45) is 0 Å². The van der Waals surface area contributed by atoms with Crippen LogP contribution < -0.4 is 5.32 Å². The summed E-state index contributed by atoms with van der Waals surface area (Å²) in [6.07, 6.45) is 5.52. The molecular weight excluding hydrogens is 394 g/mol. The van der Waals surface area contributed by atoms with Gasteiger partial charge < -0.3 is 19.5 Å². The van der Waals surface area contributed by atoms with Crippen molar-refractivity contribution in [2.75, 3.05) is 20.3 Å². The Balaban J connectivity index is 1.74. The molecule has 1 saturated heterocycles. The lowest BCUT2D eigenvalue weighted by Gasteiger charge is -2.28. The summed E-state index contributed by atoms with van der Waals surface area (Å²) in [5, 5.41) is 4.25. The van der Waals surface area contributed by atoms with Gasteiger partial charge in [0.15, 0.2) is 5.11 Å². The molecule has 4 rings (SSSR count). The van der Waals surface area contributed by atoms with E-state index in [0.29, 0.717) is 6.61 Å². The van der Waals surface area contributed by atoms with Crippen LogP contribution in [0.25, 0.3) is 0 Å². The molecule has 30 heavy (non-hydrogen) atoms. The standard InChI is InChI=1S/C23H27N5OS/c1-16-14-19(17(2)28(16)15-18-7-10-24-11-8-18)22-21(20-6-4-5-9-25-20)26-23(30)27(22)12-13-29-3/h4-11,14,21-22H,12-13,15H2,1-3H3,(H,26,30). The molecule has 2 atom stereocenters. The summed E-state index contributed by atoms with van der Waals surface area (Å²) in [4.78, 5) is 11.0. The predicted octanol–water partition coefficient (Wildman–Crippen LogP) is 3.56. The number of hydrogen-bond acceptors (Lipinski definition) is 4. The minimum atomic E-state index is -0.00886. The van der Waals surface area contributed by atoms with Gasteiger partial charge in [0.25, 0.3) is 0 Å². The molecule has 6 nitrogen and oxygen atoms in total. The fourth-order valence-electron chi connectivity index (χ4n) is 4.22. The average Bonchev–Trinajstić information content (AvgIpc) is 3.24. The van der Waals surface area contributed by atoms with E-state index >= 15 is 0 Å². The third-order valence-electron chi connectivity index (χ3n) is 5.76. The maximum absolute atomic E-state index is 5.71. The van der Waals surface area contributed by atoms with Crippen LogP contribution in [0.2, 0.25) is 0 Å². The van der Waals surface area contributed by atoms with E-state index in [-0.39, 0.29) is 12.1 Å². The molecule has 3 aromatic rings. The maximum Gasteiger partial charge on any atom is 0.170 e. The number of nitrogens with one attached hydrogen (secondary N) is 1. The van der Waals surface area contributed by atoms with E-state index in [2.05, 4.69) is 62.9 Å². The second-order valence-electron chi connectivity index (χ2n) is 7.58. The van der Waals surface area contributed by atoms with Crippen molar-refractivity contribution in [2.45, 2.75) is 32.5 Å². The second-order valence-corrected chi connectivity index (χ2v) is 7.97. The summed E-state index contributed by atoms with van der Waals surface area (Å²) < 4.78 is 7.72. The highest BCUT2D eigenvalue weighted by atomic mass is 32.1. The lowest BCUT2D eigenvalue weighted by Crippen LogP contribution is -2.32. The number of nitrogens with zero attached hydrogens (tertiary/aromatic N) is 4. The largest absolute Gasteiger partial charge is 0.383 e. The van der Waals surface area contributed by atoms with Gasteiger partial charge in [-0.05, 0) is 67.5 Å². The Kier molecular flexibility index (Phi) is 6.11. The Labute approximate surface area is 182 Å². The van der Waals surface area contributed by atoms with Gasteiger partial charge in [-0.1, -0.05) is 6.07 Å². The van der Waals surface area contributed by atoms with Gasteiger partial charge in [-0.25, -0.2) is 0 Å². The fourth-order valence-corrected chi connectivity index (χ4v) is 4.55. The van der Waals surface area contributed by atoms with Crippen LogP contribution >= 0.6 is 12.2 Å². The summed E-state index contributed by atoms with van der Waals surface area (Å²) in [5.74, 6) is 0. The predicted molar refractivity (Wildman–Crippen MR) is 121 cm³/mol. The number of hydrogen-bond donors (Lipinski definition) is 1. The van der Waals surface area contributed by atoms with E-state index in [9.17, 15) is 0 Å². The lowest BCUT2D eigenvalue weighted by molar-refractivity contribution is 0.164. The van der Waals surface area contributed by atoms with Gasteiger partial charge in [0.05, 0.1) is 24.4 Å². The zero-order chi connectivity index (χ0) is 21.1.